The number of benzene rings is 1. The SMILES string of the molecule is CSCC[C@](C)(O)CNC(=O)c1cc(-c2ccccc2)on1. The third kappa shape index (κ3) is 4.61. The zero-order chi connectivity index (χ0) is 16.0. The van der Waals surface area contributed by atoms with E-state index in [2.05, 4.69) is 10.5 Å². The highest BCUT2D eigenvalue weighted by atomic mass is 32.2. The molecule has 22 heavy (non-hydrogen) atoms. The molecule has 118 valence electrons. The lowest BCUT2D eigenvalue weighted by molar-refractivity contribution is 0.0526. The van der Waals surface area contributed by atoms with Gasteiger partial charge < -0.3 is 14.9 Å². The van der Waals surface area contributed by atoms with Gasteiger partial charge in [0.1, 0.15) is 0 Å². The fourth-order valence-corrected chi connectivity index (χ4v) is 2.54. The van der Waals surface area contributed by atoms with Gasteiger partial charge in [0.25, 0.3) is 5.91 Å². The maximum atomic E-state index is 12.1. The van der Waals surface area contributed by atoms with Gasteiger partial charge in [-0.15, -0.1) is 0 Å². The fraction of sp³-hybridized carbons (Fsp3) is 0.375. The number of aliphatic hydroxyl groups is 1. The first-order valence-corrected chi connectivity index (χ1v) is 8.43. The Morgan fingerprint density at radius 3 is 2.82 bits per heavy atom. The van der Waals surface area contributed by atoms with Gasteiger partial charge in [0.05, 0.1) is 5.60 Å². The smallest absolute Gasteiger partial charge is 0.273 e. The summed E-state index contributed by atoms with van der Waals surface area (Å²) in [5, 5.41) is 16.6. The van der Waals surface area contributed by atoms with Gasteiger partial charge in [0.2, 0.25) is 0 Å². The van der Waals surface area contributed by atoms with Gasteiger partial charge in [-0.05, 0) is 25.4 Å². The molecule has 0 radical (unpaired) electrons. The average Bonchev–Trinajstić information content (AvgIpc) is 3.02. The van der Waals surface area contributed by atoms with Gasteiger partial charge in [-0.25, -0.2) is 0 Å². The van der Waals surface area contributed by atoms with E-state index in [1.165, 1.54) is 0 Å². The van der Waals surface area contributed by atoms with E-state index < -0.39 is 5.60 Å². The minimum atomic E-state index is -0.926. The van der Waals surface area contributed by atoms with Crippen molar-refractivity contribution in [2.45, 2.75) is 18.9 Å². The highest BCUT2D eigenvalue weighted by Gasteiger charge is 2.22. The maximum Gasteiger partial charge on any atom is 0.273 e. The van der Waals surface area contributed by atoms with Crippen LogP contribution in [0.1, 0.15) is 23.8 Å². The summed E-state index contributed by atoms with van der Waals surface area (Å²) in [7, 11) is 0. The summed E-state index contributed by atoms with van der Waals surface area (Å²) >= 11 is 1.66. The molecule has 0 fully saturated rings. The van der Waals surface area contributed by atoms with Gasteiger partial charge >= 0.3 is 0 Å². The number of carbonyl (C=O) groups is 1. The van der Waals surface area contributed by atoms with Crippen LogP contribution in [-0.4, -0.2) is 40.3 Å². The van der Waals surface area contributed by atoms with Crippen molar-refractivity contribution < 1.29 is 14.4 Å². The molecule has 0 saturated carbocycles. The summed E-state index contributed by atoms with van der Waals surface area (Å²) in [4.78, 5) is 12.1. The van der Waals surface area contributed by atoms with Crippen LogP contribution in [0.5, 0.6) is 0 Å². The molecule has 1 heterocycles. The summed E-state index contributed by atoms with van der Waals surface area (Å²) in [5.74, 6) is 1.03. The van der Waals surface area contributed by atoms with Crippen molar-refractivity contribution in [3.63, 3.8) is 0 Å². The van der Waals surface area contributed by atoms with Crippen molar-refractivity contribution in [1.82, 2.24) is 10.5 Å². The van der Waals surface area contributed by atoms with Gasteiger partial charge in [-0.2, -0.15) is 11.8 Å². The quantitative estimate of drug-likeness (QED) is 0.820. The number of nitrogens with one attached hydrogen (secondary N) is 1. The lowest BCUT2D eigenvalue weighted by Gasteiger charge is -2.22. The van der Waals surface area contributed by atoms with E-state index in [0.29, 0.717) is 12.2 Å². The normalized spacial score (nSPS) is 13.6. The Morgan fingerprint density at radius 2 is 2.14 bits per heavy atom. The highest BCUT2D eigenvalue weighted by Crippen LogP contribution is 2.19. The zero-order valence-corrected chi connectivity index (χ0v) is 13.5. The standard InChI is InChI=1S/C16H20N2O3S/c1-16(20,8-9-22-2)11-17-15(19)13-10-14(21-18-13)12-6-4-3-5-7-12/h3-7,10,20H,8-9,11H2,1-2H3,(H,17,19)/t16-/m0/s1. The summed E-state index contributed by atoms with van der Waals surface area (Å²) in [6.07, 6.45) is 2.59. The summed E-state index contributed by atoms with van der Waals surface area (Å²) in [6.45, 7) is 1.89. The Hall–Kier alpha value is -1.79. The van der Waals surface area contributed by atoms with Crippen LogP contribution < -0.4 is 5.32 Å². The van der Waals surface area contributed by atoms with Gasteiger partial charge in [-0.1, -0.05) is 35.5 Å². The molecule has 0 saturated heterocycles. The Labute approximate surface area is 134 Å². The predicted molar refractivity (Wildman–Crippen MR) is 87.9 cm³/mol. The molecular weight excluding hydrogens is 300 g/mol. The molecule has 2 N–H and O–H groups in total. The number of rotatable bonds is 7. The summed E-state index contributed by atoms with van der Waals surface area (Å²) in [5.41, 5.74) is 0.144. The first-order valence-electron chi connectivity index (χ1n) is 7.03. The largest absolute Gasteiger partial charge is 0.388 e. The first-order chi connectivity index (χ1) is 10.5. The number of amides is 1. The van der Waals surface area contributed by atoms with E-state index in [1.807, 2.05) is 36.6 Å². The van der Waals surface area contributed by atoms with Gasteiger partial charge in [0, 0.05) is 18.2 Å². The summed E-state index contributed by atoms with van der Waals surface area (Å²) < 4.78 is 5.19. The van der Waals surface area contributed by atoms with Crippen molar-refractivity contribution in [2.24, 2.45) is 0 Å². The number of nitrogens with zero attached hydrogens (tertiary/aromatic N) is 1. The van der Waals surface area contributed by atoms with Gasteiger partial charge in [-0.3, -0.25) is 4.79 Å². The molecule has 1 amide bonds. The van der Waals surface area contributed by atoms with Crippen LogP contribution >= 0.6 is 11.8 Å². The van der Waals surface area contributed by atoms with E-state index in [4.69, 9.17) is 4.52 Å². The maximum absolute atomic E-state index is 12.1. The Balaban J connectivity index is 1.95. The minimum Gasteiger partial charge on any atom is -0.388 e. The van der Waals surface area contributed by atoms with Crippen molar-refractivity contribution in [3.8, 4) is 11.3 Å². The Kier molecular flexibility index (Phi) is 5.63. The van der Waals surface area contributed by atoms with E-state index >= 15 is 0 Å². The number of aromatic nitrogens is 1. The number of thioether (sulfide) groups is 1. The number of hydrogen-bond acceptors (Lipinski definition) is 5. The second-order valence-corrected chi connectivity index (χ2v) is 6.35. The van der Waals surface area contributed by atoms with Gasteiger partial charge in [0.15, 0.2) is 11.5 Å². The van der Waals surface area contributed by atoms with Crippen molar-refractivity contribution in [2.75, 3.05) is 18.6 Å². The molecule has 2 rings (SSSR count). The van der Waals surface area contributed by atoms with Crippen LogP contribution in [0.2, 0.25) is 0 Å². The molecule has 0 unspecified atom stereocenters. The molecule has 6 heteroatoms. The van der Waals surface area contributed by atoms with E-state index in [1.54, 1.807) is 24.8 Å². The predicted octanol–water partition coefficient (Wildman–Crippen LogP) is 2.58. The molecule has 1 aromatic carbocycles. The molecule has 0 aliphatic rings. The molecule has 1 atom stereocenters. The third-order valence-corrected chi connectivity index (χ3v) is 3.89. The monoisotopic (exact) mass is 320 g/mol. The minimum absolute atomic E-state index is 0.180. The third-order valence-electron chi connectivity index (χ3n) is 3.28. The van der Waals surface area contributed by atoms with Crippen molar-refractivity contribution in [1.29, 1.82) is 0 Å². The molecule has 1 aromatic heterocycles. The fourth-order valence-electron chi connectivity index (χ4n) is 1.89. The molecule has 0 spiro atoms. The Morgan fingerprint density at radius 1 is 1.41 bits per heavy atom. The second-order valence-electron chi connectivity index (χ2n) is 5.36. The average molecular weight is 320 g/mol. The topological polar surface area (TPSA) is 75.4 Å². The molecule has 0 aliphatic carbocycles. The van der Waals surface area contributed by atoms with Crippen LogP contribution in [0, 0.1) is 0 Å². The summed E-state index contributed by atoms with van der Waals surface area (Å²) in [6, 6.07) is 11.1. The molecule has 0 bridgehead atoms. The molecular formula is C16H20N2O3S. The zero-order valence-electron chi connectivity index (χ0n) is 12.7. The second kappa shape index (κ2) is 7.47. The first kappa shape index (κ1) is 16.6. The molecule has 0 aliphatic heterocycles. The highest BCUT2D eigenvalue weighted by molar-refractivity contribution is 7.98. The van der Waals surface area contributed by atoms with Crippen LogP contribution in [0.4, 0.5) is 0 Å². The van der Waals surface area contributed by atoms with E-state index in [0.717, 1.165) is 11.3 Å². The molecule has 5 nitrogen and oxygen atoms in total. The van der Waals surface area contributed by atoms with Crippen molar-refractivity contribution in [3.05, 3.63) is 42.1 Å². The lowest BCUT2D eigenvalue weighted by atomic mass is 10.0. The van der Waals surface area contributed by atoms with E-state index in [9.17, 15) is 9.90 Å². The lowest BCUT2D eigenvalue weighted by Crippen LogP contribution is -2.41. The van der Waals surface area contributed by atoms with Crippen molar-refractivity contribution >= 4 is 17.7 Å². The number of carbonyl (C=O) groups excluding carboxylic acids is 1. The Bertz CT molecular complexity index is 611. The molecule has 2 aromatic rings. The number of hydrogen-bond donors (Lipinski definition) is 2. The van der Waals surface area contributed by atoms with Crippen LogP contribution in [-0.2, 0) is 0 Å². The van der Waals surface area contributed by atoms with Crippen LogP contribution in [0.3, 0.4) is 0 Å². The van der Waals surface area contributed by atoms with Crippen LogP contribution in [0.25, 0.3) is 11.3 Å². The van der Waals surface area contributed by atoms with Crippen LogP contribution in [0.15, 0.2) is 40.9 Å². The van der Waals surface area contributed by atoms with E-state index in [-0.39, 0.29) is 18.1 Å².